The summed E-state index contributed by atoms with van der Waals surface area (Å²) in [6.45, 7) is 7.92. The molecule has 1 aliphatic carbocycles. The molecule has 3 rings (SSSR count). The number of aliphatic hydroxyl groups excluding tert-OH is 1. The zero-order valence-electron chi connectivity index (χ0n) is 18.0. The molecule has 2 aromatic rings. The number of carbonyl (C=O) groups is 1. The molecule has 2 aromatic heterocycles. The van der Waals surface area contributed by atoms with Gasteiger partial charge >= 0.3 is 0 Å². The van der Waals surface area contributed by atoms with E-state index in [1.165, 1.54) is 32.1 Å². The van der Waals surface area contributed by atoms with Crippen molar-refractivity contribution in [3.05, 3.63) is 18.0 Å². The number of carbonyl (C=O) groups excluding carboxylic acids is 1. The normalized spacial score (nSPS) is 16.1. The number of amides is 1. The average Bonchev–Trinajstić information content (AvgIpc) is 3.17. The van der Waals surface area contributed by atoms with Crippen molar-refractivity contribution >= 4 is 22.6 Å². The molecule has 0 bridgehead atoms. The Balaban J connectivity index is 1.99. The SMILES string of the molecule is CCCN(CCO)C(=O)c1cnc2c(cnn2CC)c1NC(C)C1CCCCC1. The summed E-state index contributed by atoms with van der Waals surface area (Å²) >= 11 is 0. The maximum absolute atomic E-state index is 13.3. The Kier molecular flexibility index (Phi) is 7.47. The van der Waals surface area contributed by atoms with E-state index < -0.39 is 0 Å². The van der Waals surface area contributed by atoms with Crippen LogP contribution in [0.5, 0.6) is 0 Å². The molecule has 1 saturated carbocycles. The highest BCUT2D eigenvalue weighted by Crippen LogP contribution is 2.32. The van der Waals surface area contributed by atoms with Crippen LogP contribution in [0.2, 0.25) is 0 Å². The van der Waals surface area contributed by atoms with Gasteiger partial charge in [0.15, 0.2) is 5.65 Å². The predicted octanol–water partition coefficient (Wildman–Crippen LogP) is 3.68. The Labute approximate surface area is 173 Å². The number of aliphatic hydroxyl groups is 1. The average molecular weight is 402 g/mol. The quantitative estimate of drug-likeness (QED) is 0.670. The summed E-state index contributed by atoms with van der Waals surface area (Å²) in [6.07, 6.45) is 10.7. The van der Waals surface area contributed by atoms with Crippen LogP contribution in [-0.2, 0) is 6.54 Å². The summed E-state index contributed by atoms with van der Waals surface area (Å²) < 4.78 is 1.86. The van der Waals surface area contributed by atoms with E-state index in [1.807, 2.05) is 24.7 Å². The molecule has 1 aliphatic rings. The third-order valence-corrected chi connectivity index (χ3v) is 6.08. The highest BCUT2D eigenvalue weighted by Gasteiger charge is 2.26. The number of hydrogen-bond donors (Lipinski definition) is 2. The van der Waals surface area contributed by atoms with Crippen molar-refractivity contribution in [1.82, 2.24) is 19.7 Å². The highest BCUT2D eigenvalue weighted by molar-refractivity contribution is 6.06. The van der Waals surface area contributed by atoms with Crippen LogP contribution in [-0.4, -0.2) is 56.4 Å². The zero-order chi connectivity index (χ0) is 20.8. The van der Waals surface area contributed by atoms with Crippen molar-refractivity contribution in [2.24, 2.45) is 5.92 Å². The number of nitrogens with zero attached hydrogens (tertiary/aromatic N) is 4. The molecule has 29 heavy (non-hydrogen) atoms. The standard InChI is InChI=1S/C22H35N5O2/c1-4-11-26(12-13-28)22(29)19-14-23-21-18(15-24-27(21)5-2)20(19)25-16(3)17-9-7-6-8-10-17/h14-17,28H,4-13H2,1-3H3,(H,23,25). The van der Waals surface area contributed by atoms with Crippen LogP contribution in [0.25, 0.3) is 11.0 Å². The molecule has 7 heteroatoms. The summed E-state index contributed by atoms with van der Waals surface area (Å²) in [7, 11) is 0. The van der Waals surface area contributed by atoms with E-state index in [-0.39, 0.29) is 18.6 Å². The van der Waals surface area contributed by atoms with Gasteiger partial charge in [0.2, 0.25) is 0 Å². The van der Waals surface area contributed by atoms with Gasteiger partial charge in [-0.25, -0.2) is 9.67 Å². The minimum Gasteiger partial charge on any atom is -0.395 e. The second-order valence-electron chi connectivity index (χ2n) is 8.09. The fraction of sp³-hybridized carbons (Fsp3) is 0.682. The summed E-state index contributed by atoms with van der Waals surface area (Å²) in [4.78, 5) is 19.6. The minimum atomic E-state index is -0.0853. The van der Waals surface area contributed by atoms with Crippen LogP contribution in [0.4, 0.5) is 5.69 Å². The molecular formula is C22H35N5O2. The maximum Gasteiger partial charge on any atom is 0.257 e. The zero-order valence-corrected chi connectivity index (χ0v) is 18.0. The molecule has 0 spiro atoms. The molecule has 7 nitrogen and oxygen atoms in total. The molecule has 0 saturated heterocycles. The van der Waals surface area contributed by atoms with Gasteiger partial charge in [0.1, 0.15) is 0 Å². The monoisotopic (exact) mass is 401 g/mol. The molecule has 1 fully saturated rings. The number of rotatable bonds is 9. The van der Waals surface area contributed by atoms with E-state index >= 15 is 0 Å². The van der Waals surface area contributed by atoms with Crippen molar-refractivity contribution in [3.8, 4) is 0 Å². The fourth-order valence-corrected chi connectivity index (χ4v) is 4.43. The Hall–Kier alpha value is -2.15. The first-order valence-electron chi connectivity index (χ1n) is 11.1. The first-order chi connectivity index (χ1) is 14.1. The lowest BCUT2D eigenvalue weighted by Gasteiger charge is -2.30. The van der Waals surface area contributed by atoms with Gasteiger partial charge in [-0.1, -0.05) is 26.2 Å². The van der Waals surface area contributed by atoms with Gasteiger partial charge in [0.25, 0.3) is 5.91 Å². The van der Waals surface area contributed by atoms with Crippen LogP contribution in [0.15, 0.2) is 12.4 Å². The number of hydrogen-bond acceptors (Lipinski definition) is 5. The van der Waals surface area contributed by atoms with Crippen LogP contribution >= 0.6 is 0 Å². The van der Waals surface area contributed by atoms with Crippen molar-refractivity contribution in [2.75, 3.05) is 25.0 Å². The molecule has 1 unspecified atom stereocenters. The van der Waals surface area contributed by atoms with Crippen LogP contribution in [0.3, 0.4) is 0 Å². The summed E-state index contributed by atoms with van der Waals surface area (Å²) in [5.41, 5.74) is 2.20. The molecule has 160 valence electrons. The number of aryl methyl sites for hydroxylation is 1. The van der Waals surface area contributed by atoms with E-state index in [1.54, 1.807) is 11.1 Å². The molecule has 2 N–H and O–H groups in total. The maximum atomic E-state index is 13.3. The number of pyridine rings is 1. The van der Waals surface area contributed by atoms with Gasteiger partial charge in [-0.05, 0) is 39.0 Å². The molecule has 0 aliphatic heterocycles. The van der Waals surface area contributed by atoms with E-state index in [0.29, 0.717) is 24.6 Å². The molecular weight excluding hydrogens is 366 g/mol. The second-order valence-corrected chi connectivity index (χ2v) is 8.09. The molecule has 1 amide bonds. The molecule has 0 aromatic carbocycles. The van der Waals surface area contributed by atoms with Crippen molar-refractivity contribution in [3.63, 3.8) is 0 Å². The predicted molar refractivity (Wildman–Crippen MR) is 116 cm³/mol. The Bertz CT molecular complexity index is 807. The number of aromatic nitrogens is 3. The molecule has 1 atom stereocenters. The van der Waals surface area contributed by atoms with Crippen LogP contribution in [0.1, 0.15) is 69.7 Å². The second kappa shape index (κ2) is 10.1. The molecule has 0 radical (unpaired) electrons. The van der Waals surface area contributed by atoms with Crippen molar-refractivity contribution in [1.29, 1.82) is 0 Å². The van der Waals surface area contributed by atoms with E-state index in [4.69, 9.17) is 0 Å². The first-order valence-corrected chi connectivity index (χ1v) is 11.1. The summed E-state index contributed by atoms with van der Waals surface area (Å²) in [5, 5.41) is 18.4. The lowest BCUT2D eigenvalue weighted by atomic mass is 9.84. The third kappa shape index (κ3) is 4.71. The van der Waals surface area contributed by atoms with E-state index in [9.17, 15) is 9.90 Å². The first kappa shape index (κ1) is 21.6. The van der Waals surface area contributed by atoms with Gasteiger partial charge in [0.05, 0.1) is 29.4 Å². The minimum absolute atomic E-state index is 0.0452. The third-order valence-electron chi connectivity index (χ3n) is 6.08. The Morgan fingerprint density at radius 3 is 2.69 bits per heavy atom. The van der Waals surface area contributed by atoms with Gasteiger partial charge in [0, 0.05) is 31.9 Å². The molecule has 2 heterocycles. The number of anilines is 1. The fourth-order valence-electron chi connectivity index (χ4n) is 4.43. The van der Waals surface area contributed by atoms with Gasteiger partial charge in [-0.15, -0.1) is 0 Å². The topological polar surface area (TPSA) is 83.3 Å². The lowest BCUT2D eigenvalue weighted by Crippen LogP contribution is -2.35. The van der Waals surface area contributed by atoms with Crippen molar-refractivity contribution in [2.45, 2.75) is 71.9 Å². The number of fused-ring (bicyclic) bond motifs is 1. The van der Waals surface area contributed by atoms with Gasteiger partial charge in [-0.2, -0.15) is 5.10 Å². The van der Waals surface area contributed by atoms with E-state index in [2.05, 4.69) is 22.3 Å². The largest absolute Gasteiger partial charge is 0.395 e. The smallest absolute Gasteiger partial charge is 0.257 e. The van der Waals surface area contributed by atoms with Crippen LogP contribution in [0, 0.1) is 5.92 Å². The van der Waals surface area contributed by atoms with Gasteiger partial charge < -0.3 is 15.3 Å². The summed E-state index contributed by atoms with van der Waals surface area (Å²) in [5.74, 6) is 0.526. The Morgan fingerprint density at radius 2 is 2.03 bits per heavy atom. The van der Waals surface area contributed by atoms with E-state index in [0.717, 1.165) is 29.7 Å². The summed E-state index contributed by atoms with van der Waals surface area (Å²) in [6, 6.07) is 0.273. The number of nitrogens with one attached hydrogen (secondary N) is 1. The van der Waals surface area contributed by atoms with Gasteiger partial charge in [-0.3, -0.25) is 4.79 Å². The Morgan fingerprint density at radius 1 is 1.28 bits per heavy atom. The highest BCUT2D eigenvalue weighted by atomic mass is 16.3. The van der Waals surface area contributed by atoms with Crippen molar-refractivity contribution < 1.29 is 9.90 Å². The lowest BCUT2D eigenvalue weighted by molar-refractivity contribution is 0.0722. The van der Waals surface area contributed by atoms with Crippen LogP contribution < -0.4 is 5.32 Å².